The number of nitrogens with zero attached hydrogens (tertiary/aromatic N) is 2. The van der Waals surface area contributed by atoms with Crippen molar-refractivity contribution in [1.29, 1.82) is 0 Å². The molecule has 0 aromatic carbocycles. The minimum atomic E-state index is -0.180. The third-order valence-corrected chi connectivity index (χ3v) is 2.20. The third kappa shape index (κ3) is 3.94. The summed E-state index contributed by atoms with van der Waals surface area (Å²) >= 11 is 0. The lowest BCUT2D eigenvalue weighted by molar-refractivity contribution is -0.118. The molecule has 0 radical (unpaired) electrons. The molecule has 1 atom stereocenters. The summed E-state index contributed by atoms with van der Waals surface area (Å²) in [6.45, 7) is 4.17. The largest absolute Gasteiger partial charge is 0.322 e. The van der Waals surface area contributed by atoms with Crippen LogP contribution in [-0.4, -0.2) is 29.0 Å². The lowest BCUT2D eigenvalue weighted by Gasteiger charge is -2.17. The molecule has 0 aliphatic heterocycles. The number of nitrogens with one attached hydrogen (secondary N) is 2. The minimum Gasteiger partial charge on any atom is -0.322 e. The Hall–Kier alpha value is -1.49. The van der Waals surface area contributed by atoms with E-state index in [1.807, 2.05) is 0 Å². The van der Waals surface area contributed by atoms with Crippen LogP contribution in [0.1, 0.15) is 20.3 Å². The lowest BCUT2D eigenvalue weighted by atomic mass is 10.0. The summed E-state index contributed by atoms with van der Waals surface area (Å²) < 4.78 is 0. The summed E-state index contributed by atoms with van der Waals surface area (Å²) in [5, 5.41) is 5.77. The molecule has 88 valence electrons. The molecule has 1 aromatic heterocycles. The van der Waals surface area contributed by atoms with Crippen LogP contribution in [0, 0.1) is 5.92 Å². The fraction of sp³-hybridized carbons (Fsp3) is 0.545. The Bertz CT molecular complexity index is 326. The quantitative estimate of drug-likeness (QED) is 0.781. The molecule has 1 heterocycles. The number of likely N-dealkylation sites (N-methyl/N-ethyl adjacent to an activating group) is 1. The molecule has 1 amide bonds. The molecule has 1 aromatic rings. The molecule has 5 heteroatoms. The monoisotopic (exact) mass is 222 g/mol. The van der Waals surface area contributed by atoms with Crippen molar-refractivity contribution in [2.45, 2.75) is 26.3 Å². The number of rotatable bonds is 5. The fourth-order valence-corrected chi connectivity index (χ4v) is 1.42. The fourth-order valence-electron chi connectivity index (χ4n) is 1.42. The zero-order valence-electron chi connectivity index (χ0n) is 9.90. The topological polar surface area (TPSA) is 66.9 Å². The number of amides is 1. The van der Waals surface area contributed by atoms with Gasteiger partial charge in [0.1, 0.15) is 6.33 Å². The Kier molecular flexibility index (Phi) is 4.85. The van der Waals surface area contributed by atoms with E-state index >= 15 is 0 Å². The van der Waals surface area contributed by atoms with E-state index in [0.717, 1.165) is 6.42 Å². The number of anilines is 1. The van der Waals surface area contributed by atoms with Gasteiger partial charge in [-0.3, -0.25) is 4.79 Å². The predicted molar refractivity (Wildman–Crippen MR) is 63.0 cm³/mol. The number of carbonyl (C=O) groups is 1. The Morgan fingerprint density at radius 3 is 2.50 bits per heavy atom. The number of carbonyl (C=O) groups excluding carboxylic acids is 1. The van der Waals surface area contributed by atoms with Crippen LogP contribution in [0.3, 0.4) is 0 Å². The number of hydrogen-bond acceptors (Lipinski definition) is 4. The molecule has 0 aliphatic rings. The van der Waals surface area contributed by atoms with Crippen LogP contribution in [0.15, 0.2) is 18.7 Å². The summed E-state index contributed by atoms with van der Waals surface area (Å²) in [6.07, 6.45) is 5.38. The Labute approximate surface area is 95.7 Å². The molecule has 5 nitrogen and oxygen atoms in total. The van der Waals surface area contributed by atoms with E-state index < -0.39 is 0 Å². The van der Waals surface area contributed by atoms with Crippen molar-refractivity contribution >= 4 is 11.6 Å². The summed E-state index contributed by atoms with van der Waals surface area (Å²) in [6, 6.07) is -0.180. The minimum absolute atomic E-state index is 0.0500. The van der Waals surface area contributed by atoms with Gasteiger partial charge in [-0.05, 0) is 19.4 Å². The summed E-state index contributed by atoms with van der Waals surface area (Å²) in [5.41, 5.74) is 0.622. The van der Waals surface area contributed by atoms with Crippen molar-refractivity contribution in [2.24, 2.45) is 5.92 Å². The van der Waals surface area contributed by atoms with Crippen LogP contribution in [0.4, 0.5) is 5.69 Å². The van der Waals surface area contributed by atoms with Gasteiger partial charge in [0.25, 0.3) is 0 Å². The summed E-state index contributed by atoms with van der Waals surface area (Å²) in [5.74, 6) is 0.418. The van der Waals surface area contributed by atoms with Crippen LogP contribution in [0.25, 0.3) is 0 Å². The van der Waals surface area contributed by atoms with Crippen molar-refractivity contribution in [2.75, 3.05) is 12.4 Å². The number of aromatic nitrogens is 2. The van der Waals surface area contributed by atoms with Gasteiger partial charge in [0, 0.05) is 0 Å². The van der Waals surface area contributed by atoms with Gasteiger partial charge in [0.05, 0.1) is 24.1 Å². The van der Waals surface area contributed by atoms with E-state index in [9.17, 15) is 4.79 Å². The standard InChI is InChI=1S/C11H18N4O/c1-8(2)4-10(12-3)11(16)15-9-5-13-7-14-6-9/h5-8,10,12H,4H2,1-3H3,(H,15,16). The maximum atomic E-state index is 11.9. The predicted octanol–water partition coefficient (Wildman–Crippen LogP) is 1.05. The van der Waals surface area contributed by atoms with Crippen LogP contribution in [0.2, 0.25) is 0 Å². The molecule has 1 unspecified atom stereocenters. The maximum absolute atomic E-state index is 11.9. The van der Waals surface area contributed by atoms with Gasteiger partial charge in [-0.1, -0.05) is 13.8 Å². The molecule has 0 saturated heterocycles. The molecule has 0 spiro atoms. The highest BCUT2D eigenvalue weighted by atomic mass is 16.2. The second-order valence-electron chi connectivity index (χ2n) is 4.09. The first-order valence-electron chi connectivity index (χ1n) is 5.36. The van der Waals surface area contributed by atoms with Gasteiger partial charge in [-0.15, -0.1) is 0 Å². The first-order valence-corrected chi connectivity index (χ1v) is 5.36. The first-order chi connectivity index (χ1) is 7.63. The van der Waals surface area contributed by atoms with Crippen LogP contribution >= 0.6 is 0 Å². The summed E-state index contributed by atoms with van der Waals surface area (Å²) in [4.78, 5) is 19.5. The molecule has 0 bridgehead atoms. The van der Waals surface area contributed by atoms with Crippen molar-refractivity contribution < 1.29 is 4.79 Å². The molecule has 0 saturated carbocycles. The molecule has 2 N–H and O–H groups in total. The average Bonchev–Trinajstić information content (AvgIpc) is 2.26. The maximum Gasteiger partial charge on any atom is 0.241 e. The second-order valence-corrected chi connectivity index (χ2v) is 4.09. The SMILES string of the molecule is CNC(CC(C)C)C(=O)Nc1cncnc1. The molecular formula is C11H18N4O. The van der Waals surface area contributed by atoms with Crippen LogP contribution in [0.5, 0.6) is 0 Å². The molecule has 0 fully saturated rings. The first kappa shape index (κ1) is 12.6. The van der Waals surface area contributed by atoms with Crippen LogP contribution < -0.4 is 10.6 Å². The number of hydrogen-bond donors (Lipinski definition) is 2. The van der Waals surface area contributed by atoms with Crippen molar-refractivity contribution in [3.8, 4) is 0 Å². The highest BCUT2D eigenvalue weighted by Gasteiger charge is 2.17. The van der Waals surface area contributed by atoms with Crippen molar-refractivity contribution in [3.63, 3.8) is 0 Å². The lowest BCUT2D eigenvalue weighted by Crippen LogP contribution is -2.39. The van der Waals surface area contributed by atoms with E-state index in [1.165, 1.54) is 6.33 Å². The van der Waals surface area contributed by atoms with Crippen LogP contribution in [-0.2, 0) is 4.79 Å². The van der Waals surface area contributed by atoms with Gasteiger partial charge >= 0.3 is 0 Å². The zero-order valence-corrected chi connectivity index (χ0v) is 9.90. The van der Waals surface area contributed by atoms with Crippen molar-refractivity contribution in [1.82, 2.24) is 15.3 Å². The van der Waals surface area contributed by atoms with Gasteiger partial charge in [0.2, 0.25) is 5.91 Å². The van der Waals surface area contributed by atoms with Gasteiger partial charge < -0.3 is 10.6 Å². The van der Waals surface area contributed by atoms with E-state index in [2.05, 4.69) is 34.4 Å². The molecule has 0 aliphatic carbocycles. The Morgan fingerprint density at radius 1 is 1.38 bits per heavy atom. The smallest absolute Gasteiger partial charge is 0.241 e. The molecule has 1 rings (SSSR count). The Balaban J connectivity index is 2.56. The molecular weight excluding hydrogens is 204 g/mol. The normalized spacial score (nSPS) is 12.5. The zero-order chi connectivity index (χ0) is 12.0. The van der Waals surface area contributed by atoms with E-state index in [-0.39, 0.29) is 11.9 Å². The van der Waals surface area contributed by atoms with Gasteiger partial charge in [0.15, 0.2) is 0 Å². The van der Waals surface area contributed by atoms with Gasteiger partial charge in [-0.25, -0.2) is 9.97 Å². The van der Waals surface area contributed by atoms with E-state index in [4.69, 9.17) is 0 Å². The second kappa shape index (κ2) is 6.17. The van der Waals surface area contributed by atoms with Crippen molar-refractivity contribution in [3.05, 3.63) is 18.7 Å². The highest BCUT2D eigenvalue weighted by molar-refractivity contribution is 5.94. The molecule has 16 heavy (non-hydrogen) atoms. The average molecular weight is 222 g/mol. The van der Waals surface area contributed by atoms with E-state index in [1.54, 1.807) is 19.4 Å². The summed E-state index contributed by atoms with van der Waals surface area (Å²) in [7, 11) is 1.79. The third-order valence-electron chi connectivity index (χ3n) is 2.20. The van der Waals surface area contributed by atoms with E-state index in [0.29, 0.717) is 11.6 Å². The Morgan fingerprint density at radius 2 is 2.00 bits per heavy atom. The highest BCUT2D eigenvalue weighted by Crippen LogP contribution is 2.07. The van der Waals surface area contributed by atoms with Gasteiger partial charge in [-0.2, -0.15) is 0 Å².